The highest BCUT2D eigenvalue weighted by atomic mass is 35.5. The maximum atomic E-state index is 13.9. The van der Waals surface area contributed by atoms with Crippen molar-refractivity contribution in [2.45, 2.75) is 25.1 Å². The van der Waals surface area contributed by atoms with Crippen molar-refractivity contribution in [1.29, 1.82) is 0 Å². The van der Waals surface area contributed by atoms with E-state index in [2.05, 4.69) is 10.6 Å². The third kappa shape index (κ3) is 3.22. The molecule has 0 amide bonds. The number of nitrogens with zero attached hydrogens (tertiary/aromatic N) is 1. The first-order valence-corrected chi connectivity index (χ1v) is 8.28. The minimum absolute atomic E-state index is 0.0855. The normalized spacial score (nSPS) is 19.9. The van der Waals surface area contributed by atoms with Crippen LogP contribution in [0.25, 0.3) is 0 Å². The van der Waals surface area contributed by atoms with Gasteiger partial charge in [-0.3, -0.25) is 5.84 Å². The van der Waals surface area contributed by atoms with Gasteiger partial charge >= 0.3 is 6.18 Å². The fraction of sp³-hybridized carbons (Fsp3) is 0.235. The molecule has 3 rings (SSSR count). The number of nitrogens with one attached hydrogen (secondary N) is 1. The number of benzene rings is 2. The molecule has 0 saturated heterocycles. The monoisotopic (exact) mass is 403 g/mol. The van der Waals surface area contributed by atoms with E-state index in [4.69, 9.17) is 33.9 Å². The lowest BCUT2D eigenvalue weighted by molar-refractivity contribution is -0.275. The summed E-state index contributed by atoms with van der Waals surface area (Å²) < 4.78 is 41.8. The Morgan fingerprint density at radius 1 is 1.15 bits per heavy atom. The van der Waals surface area contributed by atoms with Gasteiger partial charge in [0.2, 0.25) is 0 Å². The number of rotatable bonds is 3. The van der Waals surface area contributed by atoms with E-state index in [0.29, 0.717) is 11.3 Å². The molecule has 0 radical (unpaired) electrons. The third-order valence-corrected chi connectivity index (χ3v) is 4.67. The van der Waals surface area contributed by atoms with Crippen molar-refractivity contribution in [2.24, 2.45) is 11.0 Å². The van der Waals surface area contributed by atoms with Gasteiger partial charge < -0.3 is 10.3 Å². The molecule has 0 fully saturated rings. The van der Waals surface area contributed by atoms with Crippen molar-refractivity contribution in [3.05, 3.63) is 63.1 Å². The van der Waals surface area contributed by atoms with Crippen LogP contribution in [0.2, 0.25) is 10.0 Å². The summed E-state index contributed by atoms with van der Waals surface area (Å²) in [5, 5.41) is 3.89. The lowest BCUT2D eigenvalue weighted by Gasteiger charge is -2.29. The van der Waals surface area contributed by atoms with E-state index >= 15 is 0 Å². The van der Waals surface area contributed by atoms with Crippen LogP contribution in [0.4, 0.5) is 18.9 Å². The van der Waals surface area contributed by atoms with Crippen LogP contribution in [-0.4, -0.2) is 11.9 Å². The van der Waals surface area contributed by atoms with Crippen molar-refractivity contribution in [3.63, 3.8) is 0 Å². The topological polar surface area (TPSA) is 59.6 Å². The fourth-order valence-electron chi connectivity index (χ4n) is 2.85. The Labute approximate surface area is 157 Å². The van der Waals surface area contributed by atoms with Crippen molar-refractivity contribution >= 4 is 34.6 Å². The van der Waals surface area contributed by atoms with E-state index < -0.39 is 18.2 Å². The van der Waals surface area contributed by atoms with Gasteiger partial charge in [0.25, 0.3) is 5.60 Å². The van der Waals surface area contributed by atoms with E-state index in [0.717, 1.165) is 5.56 Å². The standard InChI is InChI=1S/C17H14Cl2F3N3O/c1-9-4-10(2-3-14(9)24-23)15-8-16(26-25-15,17(20,21)22)11-5-12(18)7-13(19)6-11/h2-7,24H,8,23H2,1H3. The van der Waals surface area contributed by atoms with E-state index in [1.807, 2.05) is 0 Å². The molecule has 9 heteroatoms. The lowest BCUT2D eigenvalue weighted by Crippen LogP contribution is -2.42. The second-order valence-corrected chi connectivity index (χ2v) is 6.84. The number of hydrogen-bond donors (Lipinski definition) is 2. The van der Waals surface area contributed by atoms with E-state index in [9.17, 15) is 13.2 Å². The Morgan fingerprint density at radius 3 is 2.35 bits per heavy atom. The summed E-state index contributed by atoms with van der Waals surface area (Å²) in [6.07, 6.45) is -5.22. The number of aryl methyl sites for hydroxylation is 1. The third-order valence-electron chi connectivity index (χ3n) is 4.23. The maximum absolute atomic E-state index is 13.9. The number of nitrogens with two attached hydrogens (primary N) is 1. The molecule has 26 heavy (non-hydrogen) atoms. The van der Waals surface area contributed by atoms with E-state index in [-0.39, 0.29) is 21.3 Å². The van der Waals surface area contributed by atoms with Gasteiger partial charge in [-0.05, 0) is 48.4 Å². The number of oxime groups is 1. The molecule has 4 nitrogen and oxygen atoms in total. The highest BCUT2D eigenvalue weighted by Gasteiger charge is 2.62. The molecular formula is C17H14Cl2F3N3O. The molecule has 1 aliphatic heterocycles. The lowest BCUT2D eigenvalue weighted by atomic mass is 9.86. The minimum Gasteiger partial charge on any atom is -0.374 e. The van der Waals surface area contributed by atoms with Gasteiger partial charge in [0.05, 0.1) is 11.4 Å². The predicted molar refractivity (Wildman–Crippen MR) is 95.4 cm³/mol. The molecule has 1 unspecified atom stereocenters. The Morgan fingerprint density at radius 2 is 1.81 bits per heavy atom. The summed E-state index contributed by atoms with van der Waals surface area (Å²) in [5.74, 6) is 5.38. The molecule has 2 aromatic rings. The van der Waals surface area contributed by atoms with Crippen LogP contribution in [0.3, 0.4) is 0 Å². The summed E-state index contributed by atoms with van der Waals surface area (Å²) in [7, 11) is 0. The first kappa shape index (κ1) is 18.8. The van der Waals surface area contributed by atoms with Gasteiger partial charge in [-0.2, -0.15) is 13.2 Å². The summed E-state index contributed by atoms with van der Waals surface area (Å²) in [5.41, 5.74) is 1.79. The minimum atomic E-state index is -4.72. The largest absolute Gasteiger partial charge is 0.435 e. The van der Waals surface area contributed by atoms with Gasteiger partial charge in [-0.1, -0.05) is 34.4 Å². The Hall–Kier alpha value is -1.96. The number of alkyl halides is 3. The number of anilines is 1. The van der Waals surface area contributed by atoms with Crippen LogP contribution in [0.1, 0.15) is 23.1 Å². The smallest absolute Gasteiger partial charge is 0.374 e. The summed E-state index contributed by atoms with van der Waals surface area (Å²) in [6, 6.07) is 8.71. The molecule has 0 aromatic heterocycles. The summed E-state index contributed by atoms with van der Waals surface area (Å²) >= 11 is 11.8. The van der Waals surface area contributed by atoms with Crippen LogP contribution in [0.15, 0.2) is 41.6 Å². The first-order valence-electron chi connectivity index (χ1n) is 7.52. The van der Waals surface area contributed by atoms with Gasteiger partial charge in [-0.15, -0.1) is 0 Å². The average Bonchev–Trinajstić information content (AvgIpc) is 3.00. The van der Waals surface area contributed by atoms with Crippen LogP contribution in [-0.2, 0) is 10.4 Å². The SMILES string of the molecule is Cc1cc(C2=NOC(c3cc(Cl)cc(Cl)c3)(C(F)(F)F)C2)ccc1NN. The molecule has 0 spiro atoms. The zero-order valence-corrected chi connectivity index (χ0v) is 15.0. The van der Waals surface area contributed by atoms with E-state index in [1.54, 1.807) is 25.1 Å². The van der Waals surface area contributed by atoms with Gasteiger partial charge in [0.15, 0.2) is 0 Å². The van der Waals surface area contributed by atoms with Crippen molar-refractivity contribution < 1.29 is 18.0 Å². The molecule has 0 saturated carbocycles. The van der Waals surface area contributed by atoms with Crippen molar-refractivity contribution in [1.82, 2.24) is 0 Å². The van der Waals surface area contributed by atoms with Gasteiger partial charge in [0, 0.05) is 22.0 Å². The molecule has 3 N–H and O–H groups in total. The number of nitrogen functional groups attached to an aromatic ring is 1. The molecule has 138 valence electrons. The van der Waals surface area contributed by atoms with Crippen LogP contribution >= 0.6 is 23.2 Å². The van der Waals surface area contributed by atoms with Crippen molar-refractivity contribution in [3.8, 4) is 0 Å². The van der Waals surface area contributed by atoms with Crippen LogP contribution in [0.5, 0.6) is 0 Å². The first-order chi connectivity index (χ1) is 12.2. The van der Waals surface area contributed by atoms with E-state index in [1.165, 1.54) is 18.2 Å². The summed E-state index contributed by atoms with van der Waals surface area (Å²) in [6.45, 7) is 1.78. The second-order valence-electron chi connectivity index (χ2n) is 5.96. The molecule has 0 bridgehead atoms. The van der Waals surface area contributed by atoms with Gasteiger partial charge in [0.1, 0.15) is 0 Å². The molecule has 2 aromatic carbocycles. The predicted octanol–water partition coefficient (Wildman–Crippen LogP) is 5.17. The zero-order valence-electron chi connectivity index (χ0n) is 13.5. The Balaban J connectivity index is 2.02. The molecule has 1 atom stereocenters. The molecule has 0 aliphatic carbocycles. The number of hydrazine groups is 1. The van der Waals surface area contributed by atoms with Crippen LogP contribution in [0, 0.1) is 6.92 Å². The highest BCUT2D eigenvalue weighted by Crippen LogP contribution is 2.49. The highest BCUT2D eigenvalue weighted by molar-refractivity contribution is 6.34. The molecule has 1 heterocycles. The number of halogens is 5. The fourth-order valence-corrected chi connectivity index (χ4v) is 3.38. The van der Waals surface area contributed by atoms with Crippen LogP contribution < -0.4 is 11.3 Å². The van der Waals surface area contributed by atoms with Gasteiger partial charge in [-0.25, -0.2) is 0 Å². The maximum Gasteiger partial charge on any atom is 0.435 e. The Kier molecular flexibility index (Phi) is 4.81. The van der Waals surface area contributed by atoms with Crippen molar-refractivity contribution in [2.75, 3.05) is 5.43 Å². The zero-order chi connectivity index (χ0) is 19.1. The summed E-state index contributed by atoms with van der Waals surface area (Å²) in [4.78, 5) is 4.97. The average molecular weight is 404 g/mol. The quantitative estimate of drug-likeness (QED) is 0.548. The molecule has 1 aliphatic rings. The Bertz CT molecular complexity index is 866. The number of hydrogen-bond acceptors (Lipinski definition) is 4. The second kappa shape index (κ2) is 6.64. The molecular weight excluding hydrogens is 390 g/mol.